The summed E-state index contributed by atoms with van der Waals surface area (Å²) in [7, 11) is 0. The van der Waals surface area contributed by atoms with Crippen molar-refractivity contribution in [3.05, 3.63) is 70.7 Å². The van der Waals surface area contributed by atoms with E-state index in [-0.39, 0.29) is 23.8 Å². The van der Waals surface area contributed by atoms with Crippen molar-refractivity contribution < 1.29 is 14.4 Å². The van der Waals surface area contributed by atoms with Crippen molar-refractivity contribution in [3.8, 4) is 0 Å². The lowest BCUT2D eigenvalue weighted by Gasteiger charge is -2.38. The van der Waals surface area contributed by atoms with Gasteiger partial charge in [-0.1, -0.05) is 42.6 Å². The van der Waals surface area contributed by atoms with E-state index >= 15 is 0 Å². The highest BCUT2D eigenvalue weighted by Gasteiger charge is 2.48. The minimum Gasteiger partial charge on any atom is -0.337 e. The van der Waals surface area contributed by atoms with Gasteiger partial charge in [-0.25, -0.2) is 0 Å². The maximum absolute atomic E-state index is 13.7. The third-order valence-electron chi connectivity index (χ3n) is 7.60. The van der Waals surface area contributed by atoms with Crippen LogP contribution in [-0.4, -0.2) is 70.7 Å². The highest BCUT2D eigenvalue weighted by Crippen LogP contribution is 2.41. The fraction of sp³-hybridized carbons (Fsp3) is 0.444. The Hall–Kier alpha value is -2.86. The maximum atomic E-state index is 13.7. The van der Waals surface area contributed by atoms with E-state index in [4.69, 9.17) is 11.6 Å². The Bertz CT molecular complexity index is 1050. The molecule has 7 heteroatoms. The van der Waals surface area contributed by atoms with Crippen LogP contribution in [-0.2, 0) is 4.79 Å². The molecular formula is C27H30ClN3O3. The summed E-state index contributed by atoms with van der Waals surface area (Å²) in [5, 5.41) is 0.596. The van der Waals surface area contributed by atoms with Crippen LogP contribution < -0.4 is 0 Å². The zero-order chi connectivity index (χ0) is 23.7. The number of benzene rings is 2. The fourth-order valence-electron chi connectivity index (χ4n) is 5.82. The normalized spacial score (nSPS) is 24.6. The van der Waals surface area contributed by atoms with Gasteiger partial charge in [0.05, 0.1) is 0 Å². The molecule has 2 heterocycles. The van der Waals surface area contributed by atoms with Crippen LogP contribution in [0.5, 0.6) is 0 Å². The fourth-order valence-corrected chi connectivity index (χ4v) is 5.94. The SMILES string of the molecule is O=C(c1ccc(Cl)cc1)N1CCN(C(=O)C2CC3CCCCC3N2C(=O)c2ccccc2)CC1. The molecule has 3 fully saturated rings. The summed E-state index contributed by atoms with van der Waals surface area (Å²) in [4.78, 5) is 45.6. The van der Waals surface area contributed by atoms with Gasteiger partial charge in [0.1, 0.15) is 6.04 Å². The van der Waals surface area contributed by atoms with Gasteiger partial charge < -0.3 is 14.7 Å². The predicted molar refractivity (Wildman–Crippen MR) is 131 cm³/mol. The molecule has 1 saturated carbocycles. The van der Waals surface area contributed by atoms with E-state index in [1.807, 2.05) is 40.1 Å². The second kappa shape index (κ2) is 9.79. The number of fused-ring (bicyclic) bond motifs is 1. The molecule has 0 N–H and O–H groups in total. The van der Waals surface area contributed by atoms with Crippen LogP contribution in [0.2, 0.25) is 5.02 Å². The molecule has 5 rings (SSSR count). The van der Waals surface area contributed by atoms with Crippen LogP contribution in [0, 0.1) is 5.92 Å². The van der Waals surface area contributed by atoms with Crippen molar-refractivity contribution >= 4 is 29.3 Å². The number of carbonyl (C=O) groups is 3. The lowest BCUT2D eigenvalue weighted by atomic mass is 9.84. The molecule has 178 valence electrons. The van der Waals surface area contributed by atoms with Gasteiger partial charge in [-0.05, 0) is 61.6 Å². The Morgan fingerprint density at radius 1 is 0.735 bits per heavy atom. The minimum absolute atomic E-state index is 0.0253. The van der Waals surface area contributed by atoms with Crippen molar-refractivity contribution in [1.82, 2.24) is 14.7 Å². The van der Waals surface area contributed by atoms with Gasteiger partial charge >= 0.3 is 0 Å². The molecule has 0 spiro atoms. The van der Waals surface area contributed by atoms with E-state index in [2.05, 4.69) is 0 Å². The number of piperazine rings is 1. The Morgan fingerprint density at radius 3 is 2.06 bits per heavy atom. The lowest BCUT2D eigenvalue weighted by molar-refractivity contribution is -0.137. The van der Waals surface area contributed by atoms with Crippen LogP contribution >= 0.6 is 11.6 Å². The van der Waals surface area contributed by atoms with Crippen molar-refractivity contribution in [1.29, 1.82) is 0 Å². The summed E-state index contributed by atoms with van der Waals surface area (Å²) in [6.07, 6.45) is 5.06. The van der Waals surface area contributed by atoms with Gasteiger partial charge in [0, 0.05) is 48.4 Å². The molecule has 3 unspecified atom stereocenters. The standard InChI is InChI=1S/C27H30ClN3O3/c28-22-12-10-20(11-13-22)25(32)29-14-16-30(17-15-29)27(34)24-18-21-8-4-5-9-23(21)31(24)26(33)19-6-2-1-3-7-19/h1-3,6-7,10-13,21,23-24H,4-5,8-9,14-18H2. The smallest absolute Gasteiger partial charge is 0.254 e. The highest BCUT2D eigenvalue weighted by atomic mass is 35.5. The third-order valence-corrected chi connectivity index (χ3v) is 7.85. The van der Waals surface area contributed by atoms with Crippen LogP contribution in [0.15, 0.2) is 54.6 Å². The average Bonchev–Trinajstić information content (AvgIpc) is 3.28. The van der Waals surface area contributed by atoms with Gasteiger partial charge in [-0.15, -0.1) is 0 Å². The van der Waals surface area contributed by atoms with E-state index in [1.54, 1.807) is 29.2 Å². The first-order valence-corrected chi connectivity index (χ1v) is 12.6. The second-order valence-electron chi connectivity index (χ2n) is 9.57. The monoisotopic (exact) mass is 479 g/mol. The van der Waals surface area contributed by atoms with Crippen LogP contribution in [0.25, 0.3) is 0 Å². The average molecular weight is 480 g/mol. The molecular weight excluding hydrogens is 450 g/mol. The molecule has 0 aromatic heterocycles. The number of carbonyl (C=O) groups excluding carboxylic acids is 3. The topological polar surface area (TPSA) is 60.9 Å². The number of nitrogens with zero attached hydrogens (tertiary/aromatic N) is 3. The number of likely N-dealkylation sites (tertiary alicyclic amines) is 1. The zero-order valence-electron chi connectivity index (χ0n) is 19.2. The molecule has 2 aromatic rings. The first-order chi connectivity index (χ1) is 16.5. The Morgan fingerprint density at radius 2 is 1.35 bits per heavy atom. The van der Waals surface area contributed by atoms with E-state index in [0.717, 1.165) is 25.7 Å². The zero-order valence-corrected chi connectivity index (χ0v) is 20.0. The molecule has 2 aromatic carbocycles. The first-order valence-electron chi connectivity index (χ1n) is 12.2. The van der Waals surface area contributed by atoms with E-state index in [9.17, 15) is 14.4 Å². The largest absolute Gasteiger partial charge is 0.337 e. The summed E-state index contributed by atoms with van der Waals surface area (Å²) in [6.45, 7) is 1.94. The Kier molecular flexibility index (Phi) is 6.59. The van der Waals surface area contributed by atoms with Crippen LogP contribution in [0.4, 0.5) is 0 Å². The minimum atomic E-state index is -0.417. The number of hydrogen-bond acceptors (Lipinski definition) is 3. The first kappa shape index (κ1) is 22.9. The molecule has 6 nitrogen and oxygen atoms in total. The molecule has 2 saturated heterocycles. The van der Waals surface area contributed by atoms with Crippen molar-refractivity contribution in [2.75, 3.05) is 26.2 Å². The molecule has 2 aliphatic heterocycles. The molecule has 34 heavy (non-hydrogen) atoms. The number of hydrogen-bond donors (Lipinski definition) is 0. The predicted octanol–water partition coefficient (Wildman–Crippen LogP) is 4.10. The van der Waals surface area contributed by atoms with Crippen LogP contribution in [0.3, 0.4) is 0 Å². The van der Waals surface area contributed by atoms with Crippen molar-refractivity contribution in [2.45, 2.75) is 44.2 Å². The van der Waals surface area contributed by atoms with Crippen molar-refractivity contribution in [2.24, 2.45) is 5.92 Å². The summed E-state index contributed by atoms with van der Waals surface area (Å²) in [5.74, 6) is 0.335. The Balaban J connectivity index is 1.28. The molecule has 3 atom stereocenters. The van der Waals surface area contributed by atoms with E-state index in [0.29, 0.717) is 48.2 Å². The molecule has 0 radical (unpaired) electrons. The van der Waals surface area contributed by atoms with Gasteiger partial charge in [-0.2, -0.15) is 0 Å². The Labute approximate surface area is 205 Å². The van der Waals surface area contributed by atoms with Crippen molar-refractivity contribution in [3.63, 3.8) is 0 Å². The number of amides is 3. The second-order valence-corrected chi connectivity index (χ2v) is 10.0. The van der Waals surface area contributed by atoms with Gasteiger partial charge in [0.25, 0.3) is 11.8 Å². The van der Waals surface area contributed by atoms with Gasteiger partial charge in [0.2, 0.25) is 5.91 Å². The van der Waals surface area contributed by atoms with Crippen LogP contribution in [0.1, 0.15) is 52.8 Å². The molecule has 1 aliphatic carbocycles. The highest BCUT2D eigenvalue weighted by molar-refractivity contribution is 6.30. The quantitative estimate of drug-likeness (QED) is 0.666. The molecule has 0 bridgehead atoms. The van der Waals surface area contributed by atoms with Gasteiger partial charge in [0.15, 0.2) is 0 Å². The summed E-state index contributed by atoms with van der Waals surface area (Å²) in [6, 6.07) is 15.9. The third kappa shape index (κ3) is 4.43. The maximum Gasteiger partial charge on any atom is 0.254 e. The summed E-state index contributed by atoms with van der Waals surface area (Å²) < 4.78 is 0. The molecule has 3 amide bonds. The summed E-state index contributed by atoms with van der Waals surface area (Å²) in [5.41, 5.74) is 1.24. The number of halogens is 1. The summed E-state index contributed by atoms with van der Waals surface area (Å²) >= 11 is 5.94. The molecule has 3 aliphatic rings. The van der Waals surface area contributed by atoms with E-state index in [1.165, 1.54) is 6.42 Å². The van der Waals surface area contributed by atoms with Gasteiger partial charge in [-0.3, -0.25) is 14.4 Å². The lowest BCUT2D eigenvalue weighted by Crippen LogP contribution is -2.56. The van der Waals surface area contributed by atoms with E-state index < -0.39 is 6.04 Å². The number of rotatable bonds is 3.